The summed E-state index contributed by atoms with van der Waals surface area (Å²) >= 11 is 0. The van der Waals surface area contributed by atoms with Crippen molar-refractivity contribution in [1.29, 1.82) is 5.26 Å². The molecular formula is C24H30N5O6. The van der Waals surface area contributed by atoms with Crippen LogP contribution < -0.4 is 5.32 Å². The first-order valence-electron chi connectivity index (χ1n) is 11.8. The number of anilines is 1. The van der Waals surface area contributed by atoms with E-state index in [0.29, 0.717) is 24.5 Å². The first-order chi connectivity index (χ1) is 16.7. The molecule has 0 unspecified atom stereocenters. The lowest BCUT2D eigenvalue weighted by Crippen LogP contribution is -2.40. The van der Waals surface area contributed by atoms with Crippen LogP contribution in [0.5, 0.6) is 0 Å². The Morgan fingerprint density at radius 1 is 1.40 bits per heavy atom. The Morgan fingerprint density at radius 2 is 2.17 bits per heavy atom. The summed E-state index contributed by atoms with van der Waals surface area (Å²) in [5.41, 5.74) is -2.20. The number of aliphatic hydroxyl groups is 1. The van der Waals surface area contributed by atoms with E-state index in [1.54, 1.807) is 32.9 Å². The van der Waals surface area contributed by atoms with E-state index in [4.69, 9.17) is 14.2 Å². The molecule has 3 heterocycles. The molecule has 1 aliphatic carbocycles. The first kappa shape index (κ1) is 25.0. The van der Waals surface area contributed by atoms with Gasteiger partial charge in [-0.3, -0.25) is 9.59 Å². The Kier molecular flexibility index (Phi) is 7.07. The molecule has 2 aliphatic rings. The molecule has 0 aromatic carbocycles. The van der Waals surface area contributed by atoms with E-state index in [9.17, 15) is 20.0 Å². The first-order valence-corrected chi connectivity index (χ1v) is 11.8. The van der Waals surface area contributed by atoms with Crippen molar-refractivity contribution in [2.45, 2.75) is 69.9 Å². The van der Waals surface area contributed by atoms with Gasteiger partial charge in [0.25, 0.3) is 5.91 Å². The van der Waals surface area contributed by atoms with Crippen LogP contribution in [0.25, 0.3) is 5.52 Å². The summed E-state index contributed by atoms with van der Waals surface area (Å²) in [5.74, 6) is -0.116. The highest BCUT2D eigenvalue weighted by molar-refractivity contribution is 5.98. The summed E-state index contributed by atoms with van der Waals surface area (Å²) < 4.78 is 18.1. The second kappa shape index (κ2) is 9.89. The lowest BCUT2D eigenvalue weighted by Gasteiger charge is -2.25. The van der Waals surface area contributed by atoms with Crippen molar-refractivity contribution in [3.8, 4) is 6.07 Å². The molecule has 1 aliphatic heterocycles. The summed E-state index contributed by atoms with van der Waals surface area (Å²) in [6.45, 7) is 5.36. The number of esters is 1. The van der Waals surface area contributed by atoms with Gasteiger partial charge in [-0.05, 0) is 51.7 Å². The van der Waals surface area contributed by atoms with Crippen LogP contribution in [0.3, 0.4) is 0 Å². The number of ether oxygens (including phenoxy) is 3. The molecule has 0 bridgehead atoms. The number of carbonyl (C=O) groups is 2. The molecule has 11 heteroatoms. The van der Waals surface area contributed by atoms with Gasteiger partial charge in [-0.1, -0.05) is 6.42 Å². The average Bonchev–Trinajstić information content (AvgIpc) is 3.37. The number of hydrogen-bond donors (Lipinski definition) is 2. The molecule has 0 spiro atoms. The molecule has 187 valence electrons. The SMILES string of the molecule is CCOC(C)(C)C(=O)Nc1ncnn2c([C@]3(C#N)O[C@@H](COC(=O)CC4CCC4)[CH][C@H]3O)ccc12. The summed E-state index contributed by atoms with van der Waals surface area (Å²) in [4.78, 5) is 28.9. The van der Waals surface area contributed by atoms with Crippen LogP contribution in [-0.2, 0) is 29.4 Å². The van der Waals surface area contributed by atoms with Gasteiger partial charge in [0.15, 0.2) is 5.82 Å². The van der Waals surface area contributed by atoms with Crippen molar-refractivity contribution >= 4 is 23.2 Å². The largest absolute Gasteiger partial charge is 0.463 e. The molecule has 1 radical (unpaired) electrons. The number of nitrogens with zero attached hydrogens (tertiary/aromatic N) is 4. The third-order valence-electron chi connectivity index (χ3n) is 6.52. The smallest absolute Gasteiger partial charge is 0.306 e. The van der Waals surface area contributed by atoms with Gasteiger partial charge in [0.2, 0.25) is 5.60 Å². The van der Waals surface area contributed by atoms with Gasteiger partial charge in [0.05, 0.1) is 5.69 Å². The van der Waals surface area contributed by atoms with Crippen molar-refractivity contribution in [3.05, 3.63) is 30.6 Å². The van der Waals surface area contributed by atoms with Gasteiger partial charge in [-0.25, -0.2) is 9.50 Å². The molecule has 1 saturated carbocycles. The molecule has 2 fully saturated rings. The van der Waals surface area contributed by atoms with Gasteiger partial charge >= 0.3 is 5.97 Å². The molecule has 2 aromatic heterocycles. The molecule has 2 N–H and O–H groups in total. The van der Waals surface area contributed by atoms with Gasteiger partial charge in [0.1, 0.15) is 42.3 Å². The monoisotopic (exact) mass is 484 g/mol. The van der Waals surface area contributed by atoms with Gasteiger partial charge < -0.3 is 24.6 Å². The maximum Gasteiger partial charge on any atom is 0.306 e. The lowest BCUT2D eigenvalue weighted by molar-refractivity contribution is -0.150. The predicted molar refractivity (Wildman–Crippen MR) is 123 cm³/mol. The normalized spacial score (nSPS) is 24.7. The zero-order chi connectivity index (χ0) is 25.2. The minimum absolute atomic E-state index is 0.0991. The Morgan fingerprint density at radius 3 is 2.83 bits per heavy atom. The number of hydrogen-bond acceptors (Lipinski definition) is 9. The predicted octanol–water partition coefficient (Wildman–Crippen LogP) is 1.90. The number of carbonyl (C=O) groups excluding carboxylic acids is 2. The Bertz CT molecular complexity index is 1140. The third-order valence-corrected chi connectivity index (χ3v) is 6.52. The number of aromatic nitrogens is 3. The summed E-state index contributed by atoms with van der Waals surface area (Å²) in [5, 5.41) is 27.8. The zero-order valence-electron chi connectivity index (χ0n) is 20.1. The number of nitrogens with one attached hydrogen (secondary N) is 1. The maximum atomic E-state index is 12.7. The number of amides is 1. The highest BCUT2D eigenvalue weighted by Crippen LogP contribution is 2.40. The molecule has 3 atom stereocenters. The number of aliphatic hydroxyl groups excluding tert-OH is 1. The second-order valence-electron chi connectivity index (χ2n) is 9.35. The highest BCUT2D eigenvalue weighted by atomic mass is 16.6. The van der Waals surface area contributed by atoms with Crippen molar-refractivity contribution in [1.82, 2.24) is 14.6 Å². The van der Waals surface area contributed by atoms with E-state index in [0.717, 1.165) is 19.3 Å². The minimum Gasteiger partial charge on any atom is -0.463 e. The lowest BCUT2D eigenvalue weighted by atomic mass is 9.83. The van der Waals surface area contributed by atoms with Crippen molar-refractivity contribution < 1.29 is 28.9 Å². The number of nitriles is 1. The van der Waals surface area contributed by atoms with Gasteiger partial charge in [-0.15, -0.1) is 0 Å². The summed E-state index contributed by atoms with van der Waals surface area (Å²) in [7, 11) is 0. The molecule has 11 nitrogen and oxygen atoms in total. The van der Waals surface area contributed by atoms with Crippen LogP contribution in [0.15, 0.2) is 18.5 Å². The van der Waals surface area contributed by atoms with E-state index in [-0.39, 0.29) is 24.1 Å². The Balaban J connectivity index is 1.52. The fourth-order valence-corrected chi connectivity index (χ4v) is 4.30. The fraction of sp³-hybridized carbons (Fsp3) is 0.583. The maximum absolute atomic E-state index is 12.7. The number of rotatable bonds is 9. The minimum atomic E-state index is -1.78. The molecule has 35 heavy (non-hydrogen) atoms. The van der Waals surface area contributed by atoms with Crippen LogP contribution >= 0.6 is 0 Å². The quantitative estimate of drug-likeness (QED) is 0.509. The van der Waals surface area contributed by atoms with E-state index in [1.807, 2.05) is 0 Å². The standard InChI is InChI=1S/C24H30N5O6/c1-4-34-23(2,3)22(32)28-21-17-8-9-18(29(17)27-14-26-21)24(13-25)19(30)11-16(35-24)12-33-20(31)10-15-6-5-7-15/h8-9,11,14-16,19,30H,4-7,10,12H2,1-3H3,(H,26,27,28,32)/t16-,19-,24+/m1/s1. The highest BCUT2D eigenvalue weighted by Gasteiger charge is 2.52. The molecule has 4 rings (SSSR count). The van der Waals surface area contributed by atoms with Crippen LogP contribution in [0.1, 0.15) is 52.1 Å². The molecule has 1 amide bonds. The van der Waals surface area contributed by atoms with E-state index < -0.39 is 29.3 Å². The molecule has 1 saturated heterocycles. The fourth-order valence-electron chi connectivity index (χ4n) is 4.30. The van der Waals surface area contributed by atoms with E-state index in [2.05, 4.69) is 21.5 Å². The average molecular weight is 485 g/mol. The Labute approximate surface area is 203 Å². The van der Waals surface area contributed by atoms with Crippen molar-refractivity contribution in [2.24, 2.45) is 5.92 Å². The van der Waals surface area contributed by atoms with E-state index >= 15 is 0 Å². The van der Waals surface area contributed by atoms with Crippen LogP contribution in [0.4, 0.5) is 5.82 Å². The van der Waals surface area contributed by atoms with Crippen molar-refractivity contribution in [2.75, 3.05) is 18.5 Å². The van der Waals surface area contributed by atoms with Crippen LogP contribution in [0.2, 0.25) is 0 Å². The Hall–Kier alpha value is -3.07. The van der Waals surface area contributed by atoms with Crippen molar-refractivity contribution in [3.63, 3.8) is 0 Å². The van der Waals surface area contributed by atoms with E-state index in [1.165, 1.54) is 17.3 Å². The zero-order valence-corrected chi connectivity index (χ0v) is 20.1. The van der Waals surface area contributed by atoms with Gasteiger partial charge in [-0.2, -0.15) is 10.4 Å². The molecular weight excluding hydrogens is 454 g/mol. The summed E-state index contributed by atoms with van der Waals surface area (Å²) in [6, 6.07) is 5.27. The second-order valence-corrected chi connectivity index (χ2v) is 9.35. The van der Waals surface area contributed by atoms with Crippen LogP contribution in [-0.4, -0.2) is 62.6 Å². The topological polar surface area (TPSA) is 148 Å². The van der Waals surface area contributed by atoms with Gasteiger partial charge in [0, 0.05) is 19.4 Å². The molecule has 2 aromatic rings. The third kappa shape index (κ3) is 4.87. The summed E-state index contributed by atoms with van der Waals surface area (Å²) in [6.07, 6.45) is 4.17. The van der Waals surface area contributed by atoms with Crippen LogP contribution in [0, 0.1) is 23.7 Å². The number of fused-ring (bicyclic) bond motifs is 1.